The van der Waals surface area contributed by atoms with Crippen LogP contribution < -0.4 is 10.6 Å². The average Bonchev–Trinajstić information content (AvgIpc) is 3.08. The Hall–Kier alpha value is -3.17. The third-order valence-electron chi connectivity index (χ3n) is 4.14. The molecule has 2 aromatic rings. The lowest BCUT2D eigenvalue weighted by atomic mass is 10.1. The van der Waals surface area contributed by atoms with Gasteiger partial charge in [-0.05, 0) is 38.8 Å². The van der Waals surface area contributed by atoms with E-state index < -0.39 is 0 Å². The normalized spacial score (nSPS) is 14.7. The highest BCUT2D eigenvalue weighted by atomic mass is 16.6. The molecule has 1 saturated heterocycles. The molecule has 0 aromatic carbocycles. The van der Waals surface area contributed by atoms with Crippen LogP contribution in [-0.2, 0) is 4.74 Å². The molecule has 144 valence electrons. The van der Waals surface area contributed by atoms with Gasteiger partial charge in [0.15, 0.2) is 17.3 Å². The number of carbonyl (C=O) groups excluding carboxylic acids is 2. The predicted molar refractivity (Wildman–Crippen MR) is 95.6 cm³/mol. The summed E-state index contributed by atoms with van der Waals surface area (Å²) in [6.45, 7) is 5.02. The fraction of sp³-hybridized carbons (Fsp3) is 0.471. The first-order valence-electron chi connectivity index (χ1n) is 8.81. The molecule has 3 rings (SSSR count). The Bertz CT molecular complexity index is 783. The molecule has 3 heterocycles. The lowest BCUT2D eigenvalue weighted by molar-refractivity contribution is 0.0856. The lowest BCUT2D eigenvalue weighted by Crippen LogP contribution is -2.46. The van der Waals surface area contributed by atoms with Gasteiger partial charge in [-0.1, -0.05) is 5.16 Å². The third kappa shape index (κ3) is 4.93. The van der Waals surface area contributed by atoms with Gasteiger partial charge in [0.05, 0.1) is 6.61 Å². The molecule has 10 nitrogen and oxygen atoms in total. The van der Waals surface area contributed by atoms with Crippen LogP contribution in [0.3, 0.4) is 0 Å². The average molecular weight is 374 g/mol. The molecule has 2 aromatic heterocycles. The lowest BCUT2D eigenvalue weighted by Gasteiger charge is -2.31. The van der Waals surface area contributed by atoms with Gasteiger partial charge in [-0.25, -0.2) is 4.79 Å². The molecule has 1 aliphatic rings. The SMILES string of the molecule is CCOC(=O)N1CCC(NC(=O)c2ccc(Nc3cc(C)on3)nn2)CC1. The standard InChI is InChI=1S/C17H22N6O4/c1-3-26-17(25)23-8-6-12(7-9-23)18-16(24)13-4-5-14(21-20-13)19-15-10-11(2)27-22-15/h4-5,10,12H,3,6-9H2,1-2H3,(H,18,24)(H,19,21,22). The van der Waals surface area contributed by atoms with E-state index in [1.807, 2.05) is 0 Å². The van der Waals surface area contributed by atoms with Crippen molar-refractivity contribution in [1.82, 2.24) is 25.6 Å². The second-order valence-electron chi connectivity index (χ2n) is 6.19. The Morgan fingerprint density at radius 2 is 2.04 bits per heavy atom. The summed E-state index contributed by atoms with van der Waals surface area (Å²) in [6.07, 6.45) is 1.03. The first-order chi connectivity index (χ1) is 13.0. The van der Waals surface area contributed by atoms with E-state index in [2.05, 4.69) is 26.0 Å². The summed E-state index contributed by atoms with van der Waals surface area (Å²) in [4.78, 5) is 25.7. The van der Waals surface area contributed by atoms with Crippen LogP contribution in [0.1, 0.15) is 36.0 Å². The zero-order valence-corrected chi connectivity index (χ0v) is 15.3. The van der Waals surface area contributed by atoms with Crippen LogP contribution in [0.5, 0.6) is 0 Å². The van der Waals surface area contributed by atoms with Crippen molar-refractivity contribution in [3.8, 4) is 0 Å². The van der Waals surface area contributed by atoms with Gasteiger partial charge in [0, 0.05) is 25.2 Å². The molecule has 2 amide bonds. The van der Waals surface area contributed by atoms with Crippen LogP contribution in [0.2, 0.25) is 0 Å². The molecule has 1 aliphatic heterocycles. The fourth-order valence-electron chi connectivity index (χ4n) is 2.76. The van der Waals surface area contributed by atoms with Crippen molar-refractivity contribution in [2.45, 2.75) is 32.7 Å². The van der Waals surface area contributed by atoms with Crippen molar-refractivity contribution in [2.24, 2.45) is 0 Å². The predicted octanol–water partition coefficient (Wildman–Crippen LogP) is 1.87. The van der Waals surface area contributed by atoms with Crippen LogP contribution in [0.15, 0.2) is 22.7 Å². The number of rotatable bonds is 5. The van der Waals surface area contributed by atoms with Crippen molar-refractivity contribution in [2.75, 3.05) is 25.0 Å². The first kappa shape index (κ1) is 18.6. The Balaban J connectivity index is 1.49. The van der Waals surface area contributed by atoms with Crippen molar-refractivity contribution < 1.29 is 18.8 Å². The highest BCUT2D eigenvalue weighted by molar-refractivity contribution is 5.92. The monoisotopic (exact) mass is 374 g/mol. The number of nitrogens with one attached hydrogen (secondary N) is 2. The van der Waals surface area contributed by atoms with Crippen molar-refractivity contribution in [3.05, 3.63) is 29.7 Å². The molecule has 0 bridgehead atoms. The number of aryl methyl sites for hydroxylation is 1. The van der Waals surface area contributed by atoms with Crippen molar-refractivity contribution >= 4 is 23.6 Å². The highest BCUT2D eigenvalue weighted by Crippen LogP contribution is 2.14. The van der Waals surface area contributed by atoms with Gasteiger partial charge < -0.3 is 24.8 Å². The van der Waals surface area contributed by atoms with Gasteiger partial charge in [0.1, 0.15) is 5.76 Å². The molecule has 1 fully saturated rings. The van der Waals surface area contributed by atoms with Gasteiger partial charge >= 0.3 is 6.09 Å². The molecule has 0 aliphatic carbocycles. The molecular formula is C17H22N6O4. The molecular weight excluding hydrogens is 352 g/mol. The van der Waals surface area contributed by atoms with Crippen molar-refractivity contribution in [3.63, 3.8) is 0 Å². The maximum Gasteiger partial charge on any atom is 0.409 e. The number of hydrogen-bond donors (Lipinski definition) is 2. The summed E-state index contributed by atoms with van der Waals surface area (Å²) < 4.78 is 9.95. The van der Waals surface area contributed by atoms with Crippen LogP contribution in [0.25, 0.3) is 0 Å². The Morgan fingerprint density at radius 1 is 1.26 bits per heavy atom. The number of likely N-dealkylation sites (tertiary alicyclic amines) is 1. The summed E-state index contributed by atoms with van der Waals surface area (Å²) >= 11 is 0. The quantitative estimate of drug-likeness (QED) is 0.813. The summed E-state index contributed by atoms with van der Waals surface area (Å²) in [5, 5.41) is 17.6. The highest BCUT2D eigenvalue weighted by Gasteiger charge is 2.25. The van der Waals surface area contributed by atoms with Gasteiger partial charge in [0.25, 0.3) is 5.91 Å². The van der Waals surface area contributed by atoms with E-state index in [1.165, 1.54) is 0 Å². The summed E-state index contributed by atoms with van der Waals surface area (Å²) in [5.74, 6) is 1.37. The number of ether oxygens (including phenoxy) is 1. The number of anilines is 2. The second-order valence-corrected chi connectivity index (χ2v) is 6.19. The number of nitrogens with zero attached hydrogens (tertiary/aromatic N) is 4. The van der Waals surface area contributed by atoms with E-state index in [4.69, 9.17) is 9.26 Å². The van der Waals surface area contributed by atoms with Crippen LogP contribution in [-0.4, -0.2) is 58.0 Å². The third-order valence-corrected chi connectivity index (χ3v) is 4.14. The van der Waals surface area contributed by atoms with E-state index in [0.29, 0.717) is 49.9 Å². The van der Waals surface area contributed by atoms with E-state index in [1.54, 1.807) is 36.9 Å². The number of hydrogen-bond acceptors (Lipinski definition) is 8. The number of piperidine rings is 1. The molecule has 0 atom stereocenters. The van der Waals surface area contributed by atoms with Gasteiger partial charge in [-0.15, -0.1) is 10.2 Å². The maximum atomic E-state index is 12.3. The minimum Gasteiger partial charge on any atom is -0.450 e. The summed E-state index contributed by atoms with van der Waals surface area (Å²) in [5.41, 5.74) is 0.227. The molecule has 0 radical (unpaired) electrons. The first-order valence-corrected chi connectivity index (χ1v) is 8.81. The maximum absolute atomic E-state index is 12.3. The molecule has 0 saturated carbocycles. The van der Waals surface area contributed by atoms with E-state index in [0.717, 1.165) is 0 Å². The second kappa shape index (κ2) is 8.47. The van der Waals surface area contributed by atoms with E-state index in [9.17, 15) is 9.59 Å². The van der Waals surface area contributed by atoms with Crippen molar-refractivity contribution in [1.29, 1.82) is 0 Å². The van der Waals surface area contributed by atoms with Crippen LogP contribution >= 0.6 is 0 Å². The fourth-order valence-corrected chi connectivity index (χ4v) is 2.76. The Kier molecular flexibility index (Phi) is 5.84. The summed E-state index contributed by atoms with van der Waals surface area (Å²) in [7, 11) is 0. The molecule has 10 heteroatoms. The van der Waals surface area contributed by atoms with Gasteiger partial charge in [-0.3, -0.25) is 4.79 Å². The Morgan fingerprint density at radius 3 is 2.63 bits per heavy atom. The van der Waals surface area contributed by atoms with E-state index in [-0.39, 0.29) is 23.7 Å². The largest absolute Gasteiger partial charge is 0.450 e. The molecule has 2 N–H and O–H groups in total. The van der Waals surface area contributed by atoms with Gasteiger partial charge in [-0.2, -0.15) is 0 Å². The Labute approximate surface area is 156 Å². The number of aromatic nitrogens is 3. The zero-order chi connectivity index (χ0) is 19.2. The molecule has 0 spiro atoms. The van der Waals surface area contributed by atoms with Crippen LogP contribution in [0, 0.1) is 6.92 Å². The minimum atomic E-state index is -0.307. The molecule has 0 unspecified atom stereocenters. The smallest absolute Gasteiger partial charge is 0.409 e. The summed E-state index contributed by atoms with van der Waals surface area (Å²) in [6, 6.07) is 4.95. The number of amides is 2. The van der Waals surface area contributed by atoms with Crippen LogP contribution in [0.4, 0.5) is 16.4 Å². The van der Waals surface area contributed by atoms with Gasteiger partial charge in [0.2, 0.25) is 0 Å². The topological polar surface area (TPSA) is 122 Å². The van der Waals surface area contributed by atoms with E-state index >= 15 is 0 Å². The minimum absolute atomic E-state index is 0.0131. The number of carbonyl (C=O) groups is 2. The molecule has 27 heavy (non-hydrogen) atoms. The zero-order valence-electron chi connectivity index (χ0n) is 15.3.